The fourth-order valence-corrected chi connectivity index (χ4v) is 3.51. The van der Waals surface area contributed by atoms with E-state index in [1.165, 1.54) is 11.1 Å². The van der Waals surface area contributed by atoms with Gasteiger partial charge in [0.15, 0.2) is 16.6 Å². The number of aryl methyl sites for hydroxylation is 1. The number of hydrogen-bond donors (Lipinski definition) is 1. The molecule has 0 atom stereocenters. The highest BCUT2D eigenvalue weighted by molar-refractivity contribution is 7.14. The first-order chi connectivity index (χ1) is 12.3. The van der Waals surface area contributed by atoms with Gasteiger partial charge in [-0.05, 0) is 36.2 Å². The van der Waals surface area contributed by atoms with E-state index in [9.17, 15) is 0 Å². The molecule has 0 saturated heterocycles. The third-order valence-electron chi connectivity index (χ3n) is 4.24. The summed E-state index contributed by atoms with van der Waals surface area (Å²) in [5, 5.41) is 6.41. The molecule has 5 heteroatoms. The van der Waals surface area contributed by atoms with Gasteiger partial charge in [-0.1, -0.05) is 24.3 Å². The van der Waals surface area contributed by atoms with E-state index in [-0.39, 0.29) is 0 Å². The predicted octanol–water partition coefficient (Wildman–Crippen LogP) is 4.89. The lowest BCUT2D eigenvalue weighted by atomic mass is 10.1. The molecule has 0 aliphatic carbocycles. The average molecular weight is 352 g/mol. The smallest absolute Gasteiger partial charge is 0.183 e. The van der Waals surface area contributed by atoms with E-state index >= 15 is 0 Å². The summed E-state index contributed by atoms with van der Waals surface area (Å²) in [6.45, 7) is 4.30. The van der Waals surface area contributed by atoms with E-state index in [1.54, 1.807) is 11.3 Å². The molecule has 4 rings (SSSR count). The van der Waals surface area contributed by atoms with Gasteiger partial charge in [0, 0.05) is 23.9 Å². The van der Waals surface area contributed by atoms with Crippen LogP contribution >= 0.6 is 11.3 Å². The van der Waals surface area contributed by atoms with Crippen LogP contribution in [0.1, 0.15) is 17.5 Å². The Bertz CT molecular complexity index is 876. The van der Waals surface area contributed by atoms with Gasteiger partial charge >= 0.3 is 0 Å². The number of nitrogens with zero attached hydrogens (tertiary/aromatic N) is 1. The maximum atomic E-state index is 5.77. The van der Waals surface area contributed by atoms with E-state index in [1.807, 2.05) is 18.2 Å². The third kappa shape index (κ3) is 3.61. The monoisotopic (exact) mass is 352 g/mol. The molecule has 0 unspecified atom stereocenters. The number of ether oxygens (including phenoxy) is 2. The van der Waals surface area contributed by atoms with Gasteiger partial charge in [-0.25, -0.2) is 4.98 Å². The Hall–Kier alpha value is -2.53. The quantitative estimate of drug-likeness (QED) is 0.726. The lowest BCUT2D eigenvalue weighted by Crippen LogP contribution is -2.00. The highest BCUT2D eigenvalue weighted by Crippen LogP contribution is 2.35. The van der Waals surface area contributed by atoms with Crippen LogP contribution in [0.2, 0.25) is 0 Å². The number of thiazole rings is 1. The van der Waals surface area contributed by atoms with Gasteiger partial charge in [0.1, 0.15) is 0 Å². The molecule has 128 valence electrons. The second-order valence-corrected chi connectivity index (χ2v) is 6.89. The average Bonchev–Trinajstić information content (AvgIpc) is 2.98. The predicted molar refractivity (Wildman–Crippen MR) is 102 cm³/mol. The molecule has 1 aromatic heterocycles. The van der Waals surface area contributed by atoms with Gasteiger partial charge < -0.3 is 14.8 Å². The van der Waals surface area contributed by atoms with Gasteiger partial charge in [-0.3, -0.25) is 0 Å². The summed E-state index contributed by atoms with van der Waals surface area (Å²) < 4.78 is 11.5. The van der Waals surface area contributed by atoms with Crippen LogP contribution < -0.4 is 14.8 Å². The van der Waals surface area contributed by atoms with Crippen LogP contribution in [0.15, 0.2) is 47.8 Å². The summed E-state index contributed by atoms with van der Waals surface area (Å²) >= 11 is 1.62. The molecule has 1 N–H and O–H groups in total. The van der Waals surface area contributed by atoms with Crippen molar-refractivity contribution in [2.24, 2.45) is 0 Å². The zero-order valence-corrected chi connectivity index (χ0v) is 14.9. The summed E-state index contributed by atoms with van der Waals surface area (Å²) in [5.41, 5.74) is 4.57. The van der Waals surface area contributed by atoms with Gasteiger partial charge in [-0.15, -0.1) is 11.3 Å². The standard InChI is InChI=1S/C20H20N2O2S/c1-14-5-2-3-6-16(14)12-21-20-22-17(13-25-20)15-7-8-18-19(11-15)24-10-4-9-23-18/h2-3,5-8,11,13H,4,9-10,12H2,1H3,(H,21,22). The Kier molecular flexibility index (Phi) is 4.57. The lowest BCUT2D eigenvalue weighted by molar-refractivity contribution is 0.297. The Morgan fingerprint density at radius 3 is 2.80 bits per heavy atom. The van der Waals surface area contributed by atoms with Gasteiger partial charge in [0.05, 0.1) is 18.9 Å². The molecule has 0 fully saturated rings. The molecule has 0 spiro atoms. The molecule has 1 aliphatic rings. The number of nitrogens with one attached hydrogen (secondary N) is 1. The van der Waals surface area contributed by atoms with Gasteiger partial charge in [0.25, 0.3) is 0 Å². The Morgan fingerprint density at radius 2 is 1.92 bits per heavy atom. The Morgan fingerprint density at radius 1 is 1.08 bits per heavy atom. The second-order valence-electron chi connectivity index (χ2n) is 6.03. The maximum Gasteiger partial charge on any atom is 0.183 e. The number of aromatic nitrogens is 1. The van der Waals surface area contributed by atoms with Crippen molar-refractivity contribution in [1.82, 2.24) is 4.98 Å². The normalized spacial score (nSPS) is 13.3. The molecule has 2 heterocycles. The maximum absolute atomic E-state index is 5.77. The van der Waals surface area contributed by atoms with E-state index in [4.69, 9.17) is 14.5 Å². The number of rotatable bonds is 4. The zero-order chi connectivity index (χ0) is 17.1. The largest absolute Gasteiger partial charge is 0.490 e. The van der Waals surface area contributed by atoms with Crippen molar-refractivity contribution in [3.05, 3.63) is 59.0 Å². The van der Waals surface area contributed by atoms with Gasteiger partial charge in [-0.2, -0.15) is 0 Å². The first-order valence-electron chi connectivity index (χ1n) is 8.43. The molecule has 25 heavy (non-hydrogen) atoms. The van der Waals surface area contributed by atoms with Crippen molar-refractivity contribution in [3.8, 4) is 22.8 Å². The van der Waals surface area contributed by atoms with Gasteiger partial charge in [0.2, 0.25) is 0 Å². The fraction of sp³-hybridized carbons (Fsp3) is 0.250. The molecule has 0 radical (unpaired) electrons. The van der Waals surface area contributed by atoms with Crippen LogP contribution in [0, 0.1) is 6.92 Å². The molecule has 2 aromatic carbocycles. The highest BCUT2D eigenvalue weighted by Gasteiger charge is 2.13. The van der Waals surface area contributed by atoms with Crippen LogP contribution in [-0.2, 0) is 6.54 Å². The SMILES string of the molecule is Cc1ccccc1CNc1nc(-c2ccc3c(c2)OCCCO3)cs1. The topological polar surface area (TPSA) is 43.4 Å². The Balaban J connectivity index is 1.49. The first-order valence-corrected chi connectivity index (χ1v) is 9.31. The van der Waals surface area contributed by atoms with E-state index in [0.717, 1.165) is 40.9 Å². The van der Waals surface area contributed by atoms with Crippen LogP contribution in [-0.4, -0.2) is 18.2 Å². The molecule has 0 bridgehead atoms. The summed E-state index contributed by atoms with van der Waals surface area (Å²) in [6.07, 6.45) is 0.910. The first kappa shape index (κ1) is 16.0. The van der Waals surface area contributed by atoms with Crippen molar-refractivity contribution >= 4 is 16.5 Å². The number of anilines is 1. The highest BCUT2D eigenvalue weighted by atomic mass is 32.1. The molecular weight excluding hydrogens is 332 g/mol. The van der Waals surface area contributed by atoms with Crippen molar-refractivity contribution in [1.29, 1.82) is 0 Å². The fourth-order valence-electron chi connectivity index (χ4n) is 2.79. The molecule has 4 nitrogen and oxygen atoms in total. The molecule has 0 amide bonds. The van der Waals surface area contributed by atoms with Crippen molar-refractivity contribution in [3.63, 3.8) is 0 Å². The van der Waals surface area contributed by atoms with Crippen molar-refractivity contribution in [2.45, 2.75) is 19.9 Å². The summed E-state index contributed by atoms with van der Waals surface area (Å²) in [7, 11) is 0. The number of hydrogen-bond acceptors (Lipinski definition) is 5. The summed E-state index contributed by atoms with van der Waals surface area (Å²) in [4.78, 5) is 4.71. The number of benzene rings is 2. The number of fused-ring (bicyclic) bond motifs is 1. The summed E-state index contributed by atoms with van der Waals surface area (Å²) in [6, 6.07) is 14.4. The van der Waals surface area contributed by atoms with E-state index in [0.29, 0.717) is 13.2 Å². The molecular formula is C20H20N2O2S. The van der Waals surface area contributed by atoms with Crippen LogP contribution in [0.3, 0.4) is 0 Å². The minimum Gasteiger partial charge on any atom is -0.490 e. The minimum atomic E-state index is 0.691. The minimum absolute atomic E-state index is 0.691. The van der Waals surface area contributed by atoms with Crippen LogP contribution in [0.25, 0.3) is 11.3 Å². The van der Waals surface area contributed by atoms with Crippen molar-refractivity contribution < 1.29 is 9.47 Å². The van der Waals surface area contributed by atoms with Crippen molar-refractivity contribution in [2.75, 3.05) is 18.5 Å². The van der Waals surface area contributed by atoms with Crippen LogP contribution in [0.5, 0.6) is 11.5 Å². The lowest BCUT2D eigenvalue weighted by Gasteiger charge is -2.08. The summed E-state index contributed by atoms with van der Waals surface area (Å²) in [5.74, 6) is 1.62. The molecule has 3 aromatic rings. The molecule has 0 saturated carbocycles. The zero-order valence-electron chi connectivity index (χ0n) is 14.1. The van der Waals surface area contributed by atoms with E-state index < -0.39 is 0 Å². The second kappa shape index (κ2) is 7.15. The van der Waals surface area contributed by atoms with E-state index in [2.05, 4.69) is 41.9 Å². The van der Waals surface area contributed by atoms with Crippen LogP contribution in [0.4, 0.5) is 5.13 Å². The molecule has 1 aliphatic heterocycles. The Labute approximate surface area is 151 Å². The third-order valence-corrected chi connectivity index (χ3v) is 5.04.